The van der Waals surface area contributed by atoms with E-state index in [1.807, 2.05) is 29.8 Å². The van der Waals surface area contributed by atoms with Gasteiger partial charge >= 0.3 is 0 Å². The second kappa shape index (κ2) is 7.00. The van der Waals surface area contributed by atoms with Gasteiger partial charge in [-0.1, -0.05) is 6.92 Å². The molecule has 1 aliphatic heterocycles. The van der Waals surface area contributed by atoms with E-state index < -0.39 is 0 Å². The minimum absolute atomic E-state index is 0.608. The molecular formula is C16H22N4S. The molecule has 0 aliphatic carbocycles. The van der Waals surface area contributed by atoms with Gasteiger partial charge in [-0.05, 0) is 37.5 Å². The first kappa shape index (κ1) is 14.5. The van der Waals surface area contributed by atoms with E-state index >= 15 is 0 Å². The van der Waals surface area contributed by atoms with Crippen molar-refractivity contribution in [3.63, 3.8) is 0 Å². The highest BCUT2D eigenvalue weighted by Gasteiger charge is 2.20. The molecule has 112 valence electrons. The fraction of sp³-hybridized carbons (Fsp3) is 0.500. The third kappa shape index (κ3) is 3.80. The SMILES string of the molecule is CCc1ccc(CNC2CCN(c3ncccn3)CC2)s1. The highest BCUT2D eigenvalue weighted by Crippen LogP contribution is 2.19. The summed E-state index contributed by atoms with van der Waals surface area (Å²) in [5.74, 6) is 0.863. The van der Waals surface area contributed by atoms with E-state index in [2.05, 4.69) is 39.2 Å². The van der Waals surface area contributed by atoms with E-state index in [4.69, 9.17) is 0 Å². The van der Waals surface area contributed by atoms with Gasteiger partial charge in [0, 0.05) is 47.8 Å². The van der Waals surface area contributed by atoms with Crippen molar-refractivity contribution in [2.24, 2.45) is 0 Å². The molecule has 1 saturated heterocycles. The van der Waals surface area contributed by atoms with Crippen LogP contribution in [-0.2, 0) is 13.0 Å². The van der Waals surface area contributed by atoms with Crippen LogP contribution in [0.1, 0.15) is 29.5 Å². The predicted molar refractivity (Wildman–Crippen MR) is 87.8 cm³/mol. The molecule has 0 bridgehead atoms. The second-order valence-corrected chi connectivity index (χ2v) is 6.67. The Balaban J connectivity index is 1.45. The van der Waals surface area contributed by atoms with Crippen LogP contribution in [0.4, 0.5) is 5.95 Å². The molecule has 2 aromatic heterocycles. The maximum absolute atomic E-state index is 4.33. The Morgan fingerprint density at radius 2 is 1.90 bits per heavy atom. The van der Waals surface area contributed by atoms with Gasteiger partial charge in [0.15, 0.2) is 0 Å². The average molecular weight is 302 g/mol. The number of aryl methyl sites for hydroxylation is 1. The zero-order valence-electron chi connectivity index (χ0n) is 12.5. The number of hydrogen-bond acceptors (Lipinski definition) is 5. The van der Waals surface area contributed by atoms with E-state index in [0.29, 0.717) is 6.04 Å². The molecule has 0 spiro atoms. The highest BCUT2D eigenvalue weighted by molar-refractivity contribution is 7.11. The zero-order chi connectivity index (χ0) is 14.5. The van der Waals surface area contributed by atoms with Crippen molar-refractivity contribution in [2.75, 3.05) is 18.0 Å². The molecular weight excluding hydrogens is 280 g/mol. The monoisotopic (exact) mass is 302 g/mol. The first-order chi connectivity index (χ1) is 10.3. The molecule has 2 aromatic rings. The zero-order valence-corrected chi connectivity index (χ0v) is 13.3. The maximum Gasteiger partial charge on any atom is 0.225 e. The normalized spacial score (nSPS) is 16.3. The average Bonchev–Trinajstić information content (AvgIpc) is 3.02. The lowest BCUT2D eigenvalue weighted by molar-refractivity contribution is 0.412. The Hall–Kier alpha value is -1.46. The molecule has 4 nitrogen and oxygen atoms in total. The number of aromatic nitrogens is 2. The molecule has 0 radical (unpaired) electrons. The van der Waals surface area contributed by atoms with Gasteiger partial charge in [-0.3, -0.25) is 0 Å². The number of thiophene rings is 1. The minimum Gasteiger partial charge on any atom is -0.341 e. The van der Waals surface area contributed by atoms with Crippen molar-refractivity contribution < 1.29 is 0 Å². The summed E-state index contributed by atoms with van der Waals surface area (Å²) in [6.45, 7) is 5.28. The Kier molecular flexibility index (Phi) is 4.83. The molecule has 0 atom stereocenters. The van der Waals surface area contributed by atoms with Gasteiger partial charge in [0.1, 0.15) is 0 Å². The largest absolute Gasteiger partial charge is 0.341 e. The molecule has 1 N–H and O–H groups in total. The maximum atomic E-state index is 4.33. The Labute approximate surface area is 130 Å². The second-order valence-electron chi connectivity index (χ2n) is 5.41. The first-order valence-corrected chi connectivity index (χ1v) is 8.49. The van der Waals surface area contributed by atoms with E-state index in [9.17, 15) is 0 Å². The number of nitrogens with one attached hydrogen (secondary N) is 1. The summed E-state index contributed by atoms with van der Waals surface area (Å²) >= 11 is 1.93. The molecule has 3 rings (SSSR count). The summed E-state index contributed by atoms with van der Waals surface area (Å²) in [4.78, 5) is 13.9. The third-order valence-corrected chi connectivity index (χ3v) is 5.19. The number of nitrogens with zero attached hydrogens (tertiary/aromatic N) is 3. The van der Waals surface area contributed by atoms with E-state index in [0.717, 1.165) is 44.8 Å². The lowest BCUT2D eigenvalue weighted by Gasteiger charge is -2.32. The molecule has 0 aromatic carbocycles. The number of anilines is 1. The summed E-state index contributed by atoms with van der Waals surface area (Å²) in [6, 6.07) is 6.97. The Bertz CT molecular complexity index is 546. The van der Waals surface area contributed by atoms with Crippen molar-refractivity contribution in [1.29, 1.82) is 0 Å². The minimum atomic E-state index is 0.608. The predicted octanol–water partition coefficient (Wildman–Crippen LogP) is 2.86. The van der Waals surface area contributed by atoms with Crippen LogP contribution in [0.5, 0.6) is 0 Å². The lowest BCUT2D eigenvalue weighted by atomic mass is 10.1. The number of hydrogen-bond donors (Lipinski definition) is 1. The summed E-state index contributed by atoms with van der Waals surface area (Å²) in [6.07, 6.45) is 7.08. The van der Waals surface area contributed by atoms with Gasteiger partial charge in [0.05, 0.1) is 0 Å². The van der Waals surface area contributed by atoms with Gasteiger partial charge < -0.3 is 10.2 Å². The van der Waals surface area contributed by atoms with Crippen molar-refractivity contribution in [1.82, 2.24) is 15.3 Å². The van der Waals surface area contributed by atoms with Gasteiger partial charge in [-0.15, -0.1) is 11.3 Å². The van der Waals surface area contributed by atoms with Crippen molar-refractivity contribution in [3.05, 3.63) is 40.3 Å². The van der Waals surface area contributed by atoms with Crippen LogP contribution < -0.4 is 10.2 Å². The van der Waals surface area contributed by atoms with Gasteiger partial charge in [0.2, 0.25) is 5.95 Å². The Morgan fingerprint density at radius 1 is 1.19 bits per heavy atom. The van der Waals surface area contributed by atoms with Gasteiger partial charge in [-0.2, -0.15) is 0 Å². The van der Waals surface area contributed by atoms with Crippen LogP contribution in [0.3, 0.4) is 0 Å². The molecule has 1 fully saturated rings. The smallest absolute Gasteiger partial charge is 0.225 e. The highest BCUT2D eigenvalue weighted by atomic mass is 32.1. The summed E-state index contributed by atoms with van der Waals surface area (Å²) in [5, 5.41) is 3.69. The van der Waals surface area contributed by atoms with E-state index in [1.165, 1.54) is 9.75 Å². The van der Waals surface area contributed by atoms with E-state index in [1.54, 1.807) is 0 Å². The standard InChI is InChI=1S/C16H22N4S/c1-2-14-4-5-15(21-14)12-19-13-6-10-20(11-7-13)16-17-8-3-9-18-16/h3-5,8-9,13,19H,2,6-7,10-12H2,1H3. The van der Waals surface area contributed by atoms with Crippen LogP contribution in [0.2, 0.25) is 0 Å². The number of rotatable bonds is 5. The van der Waals surface area contributed by atoms with Gasteiger partial charge in [-0.25, -0.2) is 9.97 Å². The van der Waals surface area contributed by atoms with Crippen LogP contribution in [-0.4, -0.2) is 29.1 Å². The van der Waals surface area contributed by atoms with Crippen LogP contribution in [0.25, 0.3) is 0 Å². The van der Waals surface area contributed by atoms with Crippen LogP contribution in [0.15, 0.2) is 30.6 Å². The molecule has 21 heavy (non-hydrogen) atoms. The summed E-state index contributed by atoms with van der Waals surface area (Å²) in [7, 11) is 0. The quantitative estimate of drug-likeness (QED) is 0.922. The molecule has 3 heterocycles. The Morgan fingerprint density at radius 3 is 2.57 bits per heavy atom. The topological polar surface area (TPSA) is 41.0 Å². The van der Waals surface area contributed by atoms with E-state index in [-0.39, 0.29) is 0 Å². The molecule has 0 saturated carbocycles. The molecule has 0 amide bonds. The first-order valence-electron chi connectivity index (χ1n) is 7.68. The number of piperidine rings is 1. The molecule has 5 heteroatoms. The molecule has 0 unspecified atom stereocenters. The van der Waals surface area contributed by atoms with Crippen molar-refractivity contribution in [3.8, 4) is 0 Å². The van der Waals surface area contributed by atoms with Crippen LogP contribution in [0, 0.1) is 0 Å². The third-order valence-electron chi connectivity index (χ3n) is 3.96. The van der Waals surface area contributed by atoms with Crippen LogP contribution >= 0.6 is 11.3 Å². The van der Waals surface area contributed by atoms with Crippen molar-refractivity contribution >= 4 is 17.3 Å². The fourth-order valence-corrected chi connectivity index (χ4v) is 3.60. The molecule has 1 aliphatic rings. The summed E-state index contributed by atoms with van der Waals surface area (Å²) in [5.41, 5.74) is 0. The van der Waals surface area contributed by atoms with Gasteiger partial charge in [0.25, 0.3) is 0 Å². The van der Waals surface area contributed by atoms with Crippen molar-refractivity contribution in [2.45, 2.75) is 38.8 Å². The summed E-state index contributed by atoms with van der Waals surface area (Å²) < 4.78 is 0. The fourth-order valence-electron chi connectivity index (χ4n) is 2.69. The lowest BCUT2D eigenvalue weighted by Crippen LogP contribution is -2.42.